The molecule has 2 fully saturated rings. The molecule has 2 saturated heterocycles. The lowest BCUT2D eigenvalue weighted by Crippen LogP contribution is -2.46. The van der Waals surface area contributed by atoms with Gasteiger partial charge in [0.1, 0.15) is 6.21 Å². The molecule has 2 aliphatic heterocycles. The van der Waals surface area contributed by atoms with Crippen LogP contribution in [0.5, 0.6) is 0 Å². The smallest absolute Gasteiger partial charge is 0.191 e. The summed E-state index contributed by atoms with van der Waals surface area (Å²) in [5.41, 5.74) is 0. The van der Waals surface area contributed by atoms with Gasteiger partial charge in [0.25, 0.3) is 0 Å². The number of oxime groups is 1. The summed E-state index contributed by atoms with van der Waals surface area (Å²) in [4.78, 5) is 17.8. The van der Waals surface area contributed by atoms with E-state index in [0.29, 0.717) is 24.3 Å². The zero-order valence-electron chi connectivity index (χ0n) is 10.1. The van der Waals surface area contributed by atoms with Gasteiger partial charge < -0.3 is 9.74 Å². The summed E-state index contributed by atoms with van der Waals surface area (Å²) in [6.07, 6.45) is 11.6. The van der Waals surface area contributed by atoms with Gasteiger partial charge in [0, 0.05) is 18.0 Å². The van der Waals surface area contributed by atoms with Crippen molar-refractivity contribution in [1.29, 1.82) is 0 Å². The largest absolute Gasteiger partial charge is 0.379 e. The van der Waals surface area contributed by atoms with Crippen LogP contribution in [-0.4, -0.2) is 42.6 Å². The monoisotopic (exact) mass is 234 g/mol. The van der Waals surface area contributed by atoms with Crippen LogP contribution in [0.1, 0.15) is 25.7 Å². The molecular formula is C13H18N2O2. The van der Waals surface area contributed by atoms with Crippen molar-refractivity contribution in [3.05, 3.63) is 0 Å². The van der Waals surface area contributed by atoms with E-state index in [4.69, 9.17) is 11.3 Å². The fraction of sp³-hybridized carbons (Fsp3) is 0.692. The highest BCUT2D eigenvalue weighted by Crippen LogP contribution is 2.39. The van der Waals surface area contributed by atoms with Crippen molar-refractivity contribution in [3.63, 3.8) is 0 Å². The first-order valence-electron chi connectivity index (χ1n) is 6.09. The van der Waals surface area contributed by atoms with E-state index in [1.165, 1.54) is 19.3 Å². The molecule has 92 valence electrons. The molecule has 2 rings (SSSR count). The number of terminal acetylenes is 1. The lowest BCUT2D eigenvalue weighted by molar-refractivity contribution is -0.102. The van der Waals surface area contributed by atoms with E-state index in [1.54, 1.807) is 0 Å². The number of hydrogen-bond acceptors (Lipinski definition) is 4. The predicted octanol–water partition coefficient (Wildman–Crippen LogP) is 1.06. The van der Waals surface area contributed by atoms with Crippen molar-refractivity contribution in [2.75, 3.05) is 7.05 Å². The number of rotatable bonds is 4. The number of nitrogens with zero attached hydrogens (tertiary/aromatic N) is 2. The van der Waals surface area contributed by atoms with Crippen LogP contribution in [0.15, 0.2) is 5.16 Å². The molecule has 4 unspecified atom stereocenters. The lowest BCUT2D eigenvalue weighted by atomic mass is 9.86. The first kappa shape index (κ1) is 12.1. The van der Waals surface area contributed by atoms with Crippen molar-refractivity contribution in [1.82, 2.24) is 4.90 Å². The second-order valence-electron chi connectivity index (χ2n) is 4.79. The third-order valence-corrected chi connectivity index (χ3v) is 4.07. The van der Waals surface area contributed by atoms with E-state index in [0.717, 1.165) is 12.6 Å². The number of carbonyl (C=O) groups is 1. The maximum absolute atomic E-state index is 10.1. The maximum atomic E-state index is 10.1. The molecular weight excluding hydrogens is 216 g/mol. The summed E-state index contributed by atoms with van der Waals surface area (Å²) >= 11 is 0. The molecule has 0 saturated carbocycles. The maximum Gasteiger partial charge on any atom is 0.191 e. The molecule has 0 N–H and O–H groups in total. The van der Waals surface area contributed by atoms with E-state index in [9.17, 15) is 4.79 Å². The minimum absolute atomic E-state index is 0.322. The summed E-state index contributed by atoms with van der Waals surface area (Å²) in [5, 5.41) is 3.59. The summed E-state index contributed by atoms with van der Waals surface area (Å²) in [7, 11) is 2.16. The molecule has 0 aromatic heterocycles. The fourth-order valence-electron chi connectivity index (χ4n) is 3.19. The van der Waals surface area contributed by atoms with Crippen LogP contribution < -0.4 is 0 Å². The number of piperidine rings is 1. The minimum atomic E-state index is -0.322. The minimum Gasteiger partial charge on any atom is -0.379 e. The van der Waals surface area contributed by atoms with Gasteiger partial charge in [-0.3, -0.25) is 4.79 Å². The van der Waals surface area contributed by atoms with Crippen molar-refractivity contribution in [3.8, 4) is 12.3 Å². The first-order chi connectivity index (χ1) is 8.27. The van der Waals surface area contributed by atoms with E-state index in [2.05, 4.69) is 23.0 Å². The molecule has 0 aromatic rings. The van der Waals surface area contributed by atoms with Crippen LogP contribution in [0.25, 0.3) is 0 Å². The van der Waals surface area contributed by atoms with Crippen molar-refractivity contribution in [2.24, 2.45) is 11.1 Å². The summed E-state index contributed by atoms with van der Waals surface area (Å²) < 4.78 is 0. The van der Waals surface area contributed by atoms with Crippen molar-refractivity contribution < 1.29 is 9.63 Å². The summed E-state index contributed by atoms with van der Waals surface area (Å²) in [6.45, 7) is 0. The molecule has 0 aromatic carbocycles. The third kappa shape index (κ3) is 2.34. The van der Waals surface area contributed by atoms with Crippen LogP contribution in [0.3, 0.4) is 0 Å². The van der Waals surface area contributed by atoms with E-state index < -0.39 is 0 Å². The lowest BCUT2D eigenvalue weighted by Gasteiger charge is -2.38. The highest BCUT2D eigenvalue weighted by Gasteiger charge is 2.43. The summed E-state index contributed by atoms with van der Waals surface area (Å²) in [6, 6.07) is 1.22. The Hall–Kier alpha value is -1.34. The van der Waals surface area contributed by atoms with Crippen LogP contribution >= 0.6 is 0 Å². The Bertz CT molecular complexity index is 348. The normalized spacial score (nSPS) is 34.5. The molecule has 17 heavy (non-hydrogen) atoms. The van der Waals surface area contributed by atoms with Gasteiger partial charge in [0.05, 0.1) is 0 Å². The van der Waals surface area contributed by atoms with Gasteiger partial charge in [0.2, 0.25) is 0 Å². The molecule has 4 atom stereocenters. The van der Waals surface area contributed by atoms with Crippen LogP contribution in [0, 0.1) is 18.3 Å². The average Bonchev–Trinajstić information content (AvgIpc) is 2.58. The zero-order valence-corrected chi connectivity index (χ0v) is 10.1. The van der Waals surface area contributed by atoms with E-state index >= 15 is 0 Å². The molecule has 4 heteroatoms. The van der Waals surface area contributed by atoms with Crippen LogP contribution in [-0.2, 0) is 9.63 Å². The molecule has 0 amide bonds. The standard InChI is InChI=1S/C13H18N2O2/c1-3-13(17-14-8-9-16)11-6-4-10-5-7-12(11)15(10)2/h1,8-13H,4-7H2,2H3. The first-order valence-corrected chi connectivity index (χ1v) is 6.09. The molecule has 0 radical (unpaired) electrons. The van der Waals surface area contributed by atoms with Crippen LogP contribution in [0.2, 0.25) is 0 Å². The average molecular weight is 234 g/mol. The van der Waals surface area contributed by atoms with Gasteiger partial charge in [-0.1, -0.05) is 11.1 Å². The molecule has 2 heterocycles. The molecule has 0 aliphatic carbocycles. The third-order valence-electron chi connectivity index (χ3n) is 4.07. The highest BCUT2D eigenvalue weighted by atomic mass is 16.6. The van der Waals surface area contributed by atoms with Gasteiger partial charge >= 0.3 is 0 Å². The molecule has 2 bridgehead atoms. The number of fused-ring (bicyclic) bond motifs is 2. The van der Waals surface area contributed by atoms with Crippen LogP contribution in [0.4, 0.5) is 0 Å². The Morgan fingerprint density at radius 3 is 2.94 bits per heavy atom. The SMILES string of the molecule is C#CC(ON=CC=O)C1CCC2CCC1N2C. The number of hydrogen-bond donors (Lipinski definition) is 0. The number of aldehydes is 1. The van der Waals surface area contributed by atoms with Crippen molar-refractivity contribution in [2.45, 2.75) is 43.9 Å². The Balaban J connectivity index is 2.02. The second kappa shape index (κ2) is 5.33. The highest BCUT2D eigenvalue weighted by molar-refractivity contribution is 6.12. The molecule has 0 spiro atoms. The predicted molar refractivity (Wildman–Crippen MR) is 65.6 cm³/mol. The van der Waals surface area contributed by atoms with Gasteiger partial charge in [0.15, 0.2) is 12.4 Å². The fourth-order valence-corrected chi connectivity index (χ4v) is 3.19. The van der Waals surface area contributed by atoms with Gasteiger partial charge in [-0.15, -0.1) is 6.42 Å². The van der Waals surface area contributed by atoms with E-state index in [1.807, 2.05) is 0 Å². The molecule has 2 aliphatic rings. The van der Waals surface area contributed by atoms with Crippen molar-refractivity contribution >= 4 is 12.5 Å². The zero-order chi connectivity index (χ0) is 12.3. The van der Waals surface area contributed by atoms with Gasteiger partial charge in [-0.25, -0.2) is 0 Å². The number of carbonyl (C=O) groups excluding carboxylic acids is 1. The summed E-state index contributed by atoms with van der Waals surface area (Å²) in [5.74, 6) is 2.98. The Labute approximate surface area is 102 Å². The second-order valence-corrected chi connectivity index (χ2v) is 4.79. The van der Waals surface area contributed by atoms with E-state index in [-0.39, 0.29) is 6.10 Å². The van der Waals surface area contributed by atoms with Gasteiger partial charge in [-0.2, -0.15) is 0 Å². The topological polar surface area (TPSA) is 41.9 Å². The molecule has 4 nitrogen and oxygen atoms in total. The Morgan fingerprint density at radius 2 is 2.24 bits per heavy atom. The Kier molecular flexibility index (Phi) is 3.80. The quantitative estimate of drug-likeness (QED) is 0.316. The van der Waals surface area contributed by atoms with Gasteiger partial charge in [-0.05, 0) is 32.7 Å². The Morgan fingerprint density at radius 1 is 1.47 bits per heavy atom.